The normalized spacial score (nSPS) is 12.7. The quantitative estimate of drug-likeness (QED) is 0.265. The number of fused-ring (bicyclic) bond motifs is 2. The van der Waals surface area contributed by atoms with Gasteiger partial charge in [0.15, 0.2) is 0 Å². The number of nitrogens with zero attached hydrogens (tertiary/aromatic N) is 3. The smallest absolute Gasteiger partial charge is 0.274 e. The van der Waals surface area contributed by atoms with Gasteiger partial charge in [0.2, 0.25) is 5.91 Å². The Bertz CT molecular complexity index is 1710. The summed E-state index contributed by atoms with van der Waals surface area (Å²) in [7, 11) is 1.76. The molecule has 1 aromatic heterocycles. The maximum absolute atomic E-state index is 13.3. The first-order valence-corrected chi connectivity index (χ1v) is 13.5. The summed E-state index contributed by atoms with van der Waals surface area (Å²) in [5.74, 6) is 1.07. The van der Waals surface area contributed by atoms with Gasteiger partial charge in [0.05, 0.1) is 12.1 Å². The van der Waals surface area contributed by atoms with Crippen LogP contribution in [0.5, 0.6) is 11.5 Å². The van der Waals surface area contributed by atoms with Gasteiger partial charge in [-0.15, -0.1) is 0 Å². The third-order valence-electron chi connectivity index (χ3n) is 7.09. The molecule has 1 N–H and O–H groups in total. The summed E-state index contributed by atoms with van der Waals surface area (Å²) >= 11 is 5.93. The van der Waals surface area contributed by atoms with Crippen molar-refractivity contribution in [1.29, 1.82) is 0 Å². The van der Waals surface area contributed by atoms with E-state index in [0.29, 0.717) is 53.8 Å². The number of aryl methyl sites for hydroxylation is 1. The topological polar surface area (TPSA) is 76.5 Å². The molecule has 0 fully saturated rings. The first-order chi connectivity index (χ1) is 19.4. The first kappa shape index (κ1) is 25.6. The number of hydrogen-bond donors (Lipinski definition) is 1. The molecule has 4 aromatic carbocycles. The molecule has 7 nitrogen and oxygen atoms in total. The lowest BCUT2D eigenvalue weighted by Crippen LogP contribution is -2.37. The number of halogens is 1. The van der Waals surface area contributed by atoms with Crippen molar-refractivity contribution >= 4 is 39.9 Å². The van der Waals surface area contributed by atoms with Crippen molar-refractivity contribution < 1.29 is 14.3 Å². The van der Waals surface area contributed by atoms with Crippen molar-refractivity contribution in [2.45, 2.75) is 19.4 Å². The molecule has 0 unspecified atom stereocenters. The zero-order valence-corrected chi connectivity index (χ0v) is 22.7. The van der Waals surface area contributed by atoms with Crippen LogP contribution in [0.2, 0.25) is 5.02 Å². The number of benzene rings is 4. The number of hydrogen-bond acceptors (Lipinski definition) is 4. The lowest BCUT2D eigenvalue weighted by molar-refractivity contribution is -0.131. The van der Waals surface area contributed by atoms with Gasteiger partial charge in [0.25, 0.3) is 5.91 Å². The summed E-state index contributed by atoms with van der Waals surface area (Å²) in [5, 5.41) is 10.4. The zero-order valence-electron chi connectivity index (χ0n) is 21.9. The van der Waals surface area contributed by atoms with E-state index in [9.17, 15) is 9.59 Å². The Morgan fingerprint density at radius 2 is 1.62 bits per heavy atom. The third kappa shape index (κ3) is 5.42. The highest BCUT2D eigenvalue weighted by molar-refractivity contribution is 6.30. The van der Waals surface area contributed by atoms with E-state index < -0.39 is 0 Å². The van der Waals surface area contributed by atoms with Crippen LogP contribution in [-0.4, -0.2) is 33.0 Å². The van der Waals surface area contributed by atoms with Crippen LogP contribution in [0.25, 0.3) is 10.8 Å². The highest BCUT2D eigenvalue weighted by Gasteiger charge is 2.29. The fourth-order valence-electron chi connectivity index (χ4n) is 5.07. The first-order valence-electron chi connectivity index (χ1n) is 13.1. The highest BCUT2D eigenvalue weighted by atomic mass is 35.5. The van der Waals surface area contributed by atoms with E-state index >= 15 is 0 Å². The summed E-state index contributed by atoms with van der Waals surface area (Å²) in [4.78, 5) is 28.4. The van der Waals surface area contributed by atoms with E-state index in [0.717, 1.165) is 27.6 Å². The number of rotatable bonds is 6. The van der Waals surface area contributed by atoms with Crippen molar-refractivity contribution in [3.63, 3.8) is 0 Å². The minimum atomic E-state index is -0.272. The second-order valence-corrected chi connectivity index (χ2v) is 10.3. The van der Waals surface area contributed by atoms with Crippen molar-refractivity contribution in [1.82, 2.24) is 14.7 Å². The molecule has 5 aromatic rings. The van der Waals surface area contributed by atoms with Gasteiger partial charge >= 0.3 is 0 Å². The maximum atomic E-state index is 13.3. The molecule has 6 rings (SSSR count). The molecule has 0 bridgehead atoms. The molecule has 1 aliphatic rings. The Morgan fingerprint density at radius 3 is 2.38 bits per heavy atom. The number of ether oxygens (including phenoxy) is 1. The lowest BCUT2D eigenvalue weighted by Gasteiger charge is -2.27. The third-order valence-corrected chi connectivity index (χ3v) is 7.35. The number of nitrogens with one attached hydrogen (secondary N) is 1. The second-order valence-electron chi connectivity index (χ2n) is 9.86. The molecule has 200 valence electrons. The van der Waals surface area contributed by atoms with E-state index in [1.165, 1.54) is 0 Å². The predicted molar refractivity (Wildman–Crippen MR) is 156 cm³/mol. The number of carbonyl (C=O) groups is 2. The average Bonchev–Trinajstić information content (AvgIpc) is 3.30. The standard InChI is InChI=1S/C32H27ClN4O3/c1-36-31(32(39)34-25-10-14-27(15-11-25)40-26-12-8-24(33)9-13-26)28-20-37(17-16-29(28)35-36)30(38)19-21-6-7-22-4-2-3-5-23(22)18-21/h2-15,18H,16-17,19-20H2,1H3,(H,34,39). The summed E-state index contributed by atoms with van der Waals surface area (Å²) < 4.78 is 7.44. The minimum absolute atomic E-state index is 0.0346. The maximum Gasteiger partial charge on any atom is 0.274 e. The van der Waals surface area contributed by atoms with Crippen LogP contribution in [0.3, 0.4) is 0 Å². The van der Waals surface area contributed by atoms with Crippen LogP contribution in [0, 0.1) is 0 Å². The Kier molecular flexibility index (Phi) is 6.97. The molecule has 0 saturated heterocycles. The molecular formula is C32H27ClN4O3. The van der Waals surface area contributed by atoms with Gasteiger partial charge < -0.3 is 15.0 Å². The Balaban J connectivity index is 1.13. The number of aromatic nitrogens is 2. The van der Waals surface area contributed by atoms with Crippen molar-refractivity contribution in [3.8, 4) is 11.5 Å². The van der Waals surface area contributed by atoms with Crippen LogP contribution in [-0.2, 0) is 31.2 Å². The van der Waals surface area contributed by atoms with E-state index in [1.807, 2.05) is 29.2 Å². The number of anilines is 1. The number of carbonyl (C=O) groups excluding carboxylic acids is 2. The van der Waals surface area contributed by atoms with Crippen LogP contribution in [0.15, 0.2) is 91.0 Å². The molecule has 0 spiro atoms. The highest BCUT2D eigenvalue weighted by Crippen LogP contribution is 2.27. The van der Waals surface area contributed by atoms with Crippen LogP contribution in [0.1, 0.15) is 27.3 Å². The van der Waals surface area contributed by atoms with E-state index in [4.69, 9.17) is 16.3 Å². The van der Waals surface area contributed by atoms with E-state index in [-0.39, 0.29) is 11.8 Å². The lowest BCUT2D eigenvalue weighted by atomic mass is 10.0. The van der Waals surface area contributed by atoms with Gasteiger partial charge in [-0.1, -0.05) is 54.1 Å². The van der Waals surface area contributed by atoms with Gasteiger partial charge in [-0.3, -0.25) is 14.3 Å². The largest absolute Gasteiger partial charge is 0.457 e. The summed E-state index contributed by atoms with van der Waals surface area (Å²) in [5.41, 5.74) is 3.71. The van der Waals surface area contributed by atoms with Crippen molar-refractivity contribution in [2.24, 2.45) is 7.05 Å². The zero-order chi connectivity index (χ0) is 27.6. The Hall–Kier alpha value is -4.62. The fourth-order valence-corrected chi connectivity index (χ4v) is 5.19. The molecular weight excluding hydrogens is 524 g/mol. The number of amides is 2. The van der Waals surface area contributed by atoms with Gasteiger partial charge in [-0.05, 0) is 64.9 Å². The molecule has 0 saturated carbocycles. The molecule has 1 aliphatic heterocycles. The SMILES string of the molecule is Cn1nc2c(c1C(=O)Nc1ccc(Oc3ccc(Cl)cc3)cc1)CN(C(=O)Cc1ccc3ccccc3c1)CC2. The summed E-state index contributed by atoms with van der Waals surface area (Å²) in [6.07, 6.45) is 0.920. The fraction of sp³-hybridized carbons (Fsp3) is 0.156. The second kappa shape index (κ2) is 10.9. The molecule has 2 amide bonds. The molecule has 0 aliphatic carbocycles. The average molecular weight is 551 g/mol. The Labute approximate surface area is 236 Å². The molecule has 2 heterocycles. The molecule has 8 heteroatoms. The van der Waals surface area contributed by atoms with Crippen LogP contribution in [0.4, 0.5) is 5.69 Å². The van der Waals surface area contributed by atoms with Crippen LogP contribution < -0.4 is 10.1 Å². The monoisotopic (exact) mass is 550 g/mol. The van der Waals surface area contributed by atoms with Gasteiger partial charge in [-0.25, -0.2) is 0 Å². The van der Waals surface area contributed by atoms with Crippen molar-refractivity contribution in [3.05, 3.63) is 119 Å². The Morgan fingerprint density at radius 1 is 0.925 bits per heavy atom. The minimum Gasteiger partial charge on any atom is -0.457 e. The van der Waals surface area contributed by atoms with E-state index in [1.54, 1.807) is 60.3 Å². The van der Waals surface area contributed by atoms with Gasteiger partial charge in [0.1, 0.15) is 17.2 Å². The summed E-state index contributed by atoms with van der Waals surface area (Å²) in [6.45, 7) is 0.929. The van der Waals surface area contributed by atoms with Gasteiger partial charge in [-0.2, -0.15) is 5.10 Å². The molecule has 0 radical (unpaired) electrons. The summed E-state index contributed by atoms with van der Waals surface area (Å²) in [6, 6.07) is 28.5. The van der Waals surface area contributed by atoms with Gasteiger partial charge in [0, 0.05) is 42.8 Å². The van der Waals surface area contributed by atoms with E-state index in [2.05, 4.69) is 28.6 Å². The molecule has 40 heavy (non-hydrogen) atoms. The van der Waals surface area contributed by atoms with Crippen molar-refractivity contribution in [2.75, 3.05) is 11.9 Å². The van der Waals surface area contributed by atoms with Crippen LogP contribution >= 0.6 is 11.6 Å². The molecule has 0 atom stereocenters. The predicted octanol–water partition coefficient (Wildman–Crippen LogP) is 6.40.